The Labute approximate surface area is 125 Å². The van der Waals surface area contributed by atoms with Gasteiger partial charge in [0.25, 0.3) is 5.91 Å². The number of carbonyl (C=O) groups excluding carboxylic acids is 1. The second-order valence-electron chi connectivity index (χ2n) is 5.32. The molecule has 110 valence electrons. The summed E-state index contributed by atoms with van der Waals surface area (Å²) in [5.74, 6) is 0.0156. The maximum atomic E-state index is 12.5. The lowest BCUT2D eigenvalue weighted by molar-refractivity contribution is 0.0647. The van der Waals surface area contributed by atoms with E-state index in [4.69, 9.17) is 17.3 Å². The molecule has 1 aromatic rings. The molecule has 4 nitrogen and oxygen atoms in total. The summed E-state index contributed by atoms with van der Waals surface area (Å²) >= 11 is 5.98. The second kappa shape index (κ2) is 6.46. The fourth-order valence-corrected chi connectivity index (χ4v) is 2.83. The van der Waals surface area contributed by atoms with E-state index in [0.29, 0.717) is 22.3 Å². The topological polar surface area (TPSA) is 49.6 Å². The van der Waals surface area contributed by atoms with Gasteiger partial charge in [-0.15, -0.1) is 0 Å². The molecule has 0 aromatic heterocycles. The van der Waals surface area contributed by atoms with Crippen LogP contribution >= 0.6 is 11.6 Å². The monoisotopic (exact) mass is 295 g/mol. The average molecular weight is 296 g/mol. The molecule has 2 N–H and O–H groups in total. The first-order valence-corrected chi connectivity index (χ1v) is 7.45. The molecule has 5 heteroatoms. The molecule has 1 fully saturated rings. The standard InChI is InChI=1S/C15H22ClN3O/c1-3-19-8-6-12(7-9-19)18(2)15(20)11-4-5-14(17)13(16)10-11/h4-5,10,12H,3,6-9,17H2,1-2H3. The third-order valence-corrected chi connectivity index (χ3v) is 4.45. The highest BCUT2D eigenvalue weighted by molar-refractivity contribution is 6.33. The summed E-state index contributed by atoms with van der Waals surface area (Å²) in [6.45, 7) is 5.37. The van der Waals surface area contributed by atoms with E-state index in [1.54, 1.807) is 18.2 Å². The molecule has 0 saturated carbocycles. The van der Waals surface area contributed by atoms with E-state index in [1.165, 1.54) is 0 Å². The molecule has 2 rings (SSSR count). The lowest BCUT2D eigenvalue weighted by Crippen LogP contribution is -2.45. The van der Waals surface area contributed by atoms with Gasteiger partial charge in [-0.25, -0.2) is 0 Å². The van der Waals surface area contributed by atoms with Crippen molar-refractivity contribution in [2.75, 3.05) is 32.4 Å². The van der Waals surface area contributed by atoms with Crippen LogP contribution in [0, 0.1) is 0 Å². The molecule has 1 saturated heterocycles. The SMILES string of the molecule is CCN1CCC(N(C)C(=O)c2ccc(N)c(Cl)c2)CC1. The normalized spacial score (nSPS) is 17.1. The van der Waals surface area contributed by atoms with E-state index in [9.17, 15) is 4.79 Å². The number of nitrogens with zero attached hydrogens (tertiary/aromatic N) is 2. The van der Waals surface area contributed by atoms with E-state index < -0.39 is 0 Å². The number of halogens is 1. The number of hydrogen-bond acceptors (Lipinski definition) is 3. The van der Waals surface area contributed by atoms with Crippen LogP contribution in [0.15, 0.2) is 18.2 Å². The predicted octanol–water partition coefficient (Wildman–Crippen LogP) is 2.48. The van der Waals surface area contributed by atoms with Crippen molar-refractivity contribution in [3.63, 3.8) is 0 Å². The van der Waals surface area contributed by atoms with Crippen molar-refractivity contribution in [2.24, 2.45) is 0 Å². The molecule has 20 heavy (non-hydrogen) atoms. The Balaban J connectivity index is 2.03. The molecule has 0 bridgehead atoms. The van der Waals surface area contributed by atoms with Gasteiger partial charge in [0, 0.05) is 31.7 Å². The zero-order valence-corrected chi connectivity index (χ0v) is 12.9. The van der Waals surface area contributed by atoms with Crippen LogP contribution < -0.4 is 5.73 Å². The number of hydrogen-bond donors (Lipinski definition) is 1. The summed E-state index contributed by atoms with van der Waals surface area (Å²) in [7, 11) is 1.87. The molecular weight excluding hydrogens is 274 g/mol. The maximum Gasteiger partial charge on any atom is 0.253 e. The van der Waals surface area contributed by atoms with Crippen LogP contribution in [0.1, 0.15) is 30.1 Å². The number of amides is 1. The molecule has 0 atom stereocenters. The molecule has 1 amide bonds. The van der Waals surface area contributed by atoms with Gasteiger partial charge < -0.3 is 15.5 Å². The number of benzene rings is 1. The van der Waals surface area contributed by atoms with Crippen molar-refractivity contribution in [1.29, 1.82) is 0 Å². The number of nitrogen functional groups attached to an aromatic ring is 1. The van der Waals surface area contributed by atoms with E-state index in [1.807, 2.05) is 11.9 Å². The first-order valence-electron chi connectivity index (χ1n) is 7.07. The minimum atomic E-state index is 0.0156. The van der Waals surface area contributed by atoms with Crippen LogP contribution in [0.4, 0.5) is 5.69 Å². The van der Waals surface area contributed by atoms with E-state index in [2.05, 4.69) is 11.8 Å². The second-order valence-corrected chi connectivity index (χ2v) is 5.72. The Hall–Kier alpha value is -1.26. The lowest BCUT2D eigenvalue weighted by Gasteiger charge is -2.36. The highest BCUT2D eigenvalue weighted by atomic mass is 35.5. The fraction of sp³-hybridized carbons (Fsp3) is 0.533. The Morgan fingerprint density at radius 3 is 2.65 bits per heavy atom. The number of carbonyl (C=O) groups is 1. The minimum Gasteiger partial charge on any atom is -0.398 e. The van der Waals surface area contributed by atoms with Gasteiger partial charge in [0.15, 0.2) is 0 Å². The number of anilines is 1. The number of likely N-dealkylation sites (tertiary alicyclic amines) is 1. The zero-order chi connectivity index (χ0) is 14.7. The fourth-order valence-electron chi connectivity index (χ4n) is 2.65. The van der Waals surface area contributed by atoms with Crippen LogP contribution in [0.3, 0.4) is 0 Å². The summed E-state index contributed by atoms with van der Waals surface area (Å²) in [6, 6.07) is 5.38. The Kier molecular flexibility index (Phi) is 4.89. The van der Waals surface area contributed by atoms with Crippen LogP contribution in [-0.2, 0) is 0 Å². The van der Waals surface area contributed by atoms with Crippen LogP contribution in [0.2, 0.25) is 5.02 Å². The van der Waals surface area contributed by atoms with Gasteiger partial charge in [-0.2, -0.15) is 0 Å². The third kappa shape index (κ3) is 3.25. The summed E-state index contributed by atoms with van der Waals surface area (Å²) < 4.78 is 0. The highest BCUT2D eigenvalue weighted by Crippen LogP contribution is 2.22. The number of piperidine rings is 1. The summed E-state index contributed by atoms with van der Waals surface area (Å²) in [5, 5.41) is 0.435. The Bertz CT molecular complexity index is 484. The molecule has 1 aromatic carbocycles. The van der Waals surface area contributed by atoms with Crippen LogP contribution in [0.5, 0.6) is 0 Å². The van der Waals surface area contributed by atoms with Gasteiger partial charge in [0.2, 0.25) is 0 Å². The van der Waals surface area contributed by atoms with Gasteiger partial charge in [0.05, 0.1) is 10.7 Å². The molecule has 1 aliphatic rings. The largest absolute Gasteiger partial charge is 0.398 e. The van der Waals surface area contributed by atoms with E-state index in [-0.39, 0.29) is 5.91 Å². The van der Waals surface area contributed by atoms with Gasteiger partial charge in [-0.05, 0) is 37.6 Å². The molecule has 0 aliphatic carbocycles. The van der Waals surface area contributed by atoms with Crippen molar-refractivity contribution in [1.82, 2.24) is 9.80 Å². The van der Waals surface area contributed by atoms with Crippen molar-refractivity contribution >= 4 is 23.2 Å². The number of nitrogens with two attached hydrogens (primary N) is 1. The van der Waals surface area contributed by atoms with Crippen molar-refractivity contribution < 1.29 is 4.79 Å². The highest BCUT2D eigenvalue weighted by Gasteiger charge is 2.25. The van der Waals surface area contributed by atoms with Gasteiger partial charge in [-0.1, -0.05) is 18.5 Å². The molecule has 0 radical (unpaired) electrons. The van der Waals surface area contributed by atoms with Crippen molar-refractivity contribution in [3.05, 3.63) is 28.8 Å². The average Bonchev–Trinajstić information content (AvgIpc) is 2.48. The zero-order valence-electron chi connectivity index (χ0n) is 12.1. The van der Waals surface area contributed by atoms with Crippen molar-refractivity contribution in [3.8, 4) is 0 Å². The Morgan fingerprint density at radius 2 is 2.10 bits per heavy atom. The molecule has 1 heterocycles. The summed E-state index contributed by atoms with van der Waals surface area (Å²) in [4.78, 5) is 16.7. The molecule has 0 unspecified atom stereocenters. The molecule has 0 spiro atoms. The van der Waals surface area contributed by atoms with Gasteiger partial charge in [0.1, 0.15) is 0 Å². The Morgan fingerprint density at radius 1 is 1.45 bits per heavy atom. The third-order valence-electron chi connectivity index (χ3n) is 4.12. The maximum absolute atomic E-state index is 12.5. The summed E-state index contributed by atoms with van der Waals surface area (Å²) in [5.41, 5.74) is 6.78. The molecular formula is C15H22ClN3O. The van der Waals surface area contributed by atoms with Crippen LogP contribution in [-0.4, -0.2) is 48.4 Å². The van der Waals surface area contributed by atoms with Crippen LogP contribution in [0.25, 0.3) is 0 Å². The van der Waals surface area contributed by atoms with Gasteiger partial charge in [-0.3, -0.25) is 4.79 Å². The first kappa shape index (κ1) is 15.1. The smallest absolute Gasteiger partial charge is 0.253 e. The predicted molar refractivity (Wildman–Crippen MR) is 83.1 cm³/mol. The van der Waals surface area contributed by atoms with E-state index >= 15 is 0 Å². The van der Waals surface area contributed by atoms with E-state index in [0.717, 1.165) is 32.5 Å². The minimum absolute atomic E-state index is 0.0156. The summed E-state index contributed by atoms with van der Waals surface area (Å²) in [6.07, 6.45) is 2.05. The lowest BCUT2D eigenvalue weighted by atomic mass is 10.0. The van der Waals surface area contributed by atoms with Gasteiger partial charge >= 0.3 is 0 Å². The first-order chi connectivity index (χ1) is 9.52. The van der Waals surface area contributed by atoms with Crippen molar-refractivity contribution in [2.45, 2.75) is 25.8 Å². The number of rotatable bonds is 3. The quantitative estimate of drug-likeness (QED) is 0.872. The molecule has 1 aliphatic heterocycles.